The van der Waals surface area contributed by atoms with Gasteiger partial charge in [-0.25, -0.2) is 4.39 Å². The van der Waals surface area contributed by atoms with Crippen LogP contribution >= 0.6 is 0 Å². The topological polar surface area (TPSA) is 41.5 Å². The highest BCUT2D eigenvalue weighted by molar-refractivity contribution is 5.22. The van der Waals surface area contributed by atoms with Crippen molar-refractivity contribution in [1.29, 1.82) is 0 Å². The Morgan fingerprint density at radius 3 is 2.68 bits per heavy atom. The van der Waals surface area contributed by atoms with Gasteiger partial charge in [0.15, 0.2) is 0 Å². The highest BCUT2D eigenvalue weighted by atomic mass is 19.1. The predicted octanol–water partition coefficient (Wildman–Crippen LogP) is 2.35. The number of halogens is 1. The SMILES string of the molecule is OC(CNCCC1CCC1)COc1ccc(F)cc1. The van der Waals surface area contributed by atoms with Crippen molar-refractivity contribution >= 4 is 0 Å². The second-order valence-electron chi connectivity index (χ2n) is 5.21. The third kappa shape index (κ3) is 5.17. The van der Waals surface area contributed by atoms with Gasteiger partial charge in [-0.15, -0.1) is 0 Å². The van der Waals surface area contributed by atoms with Crippen LogP contribution in [0.1, 0.15) is 25.7 Å². The molecule has 1 unspecified atom stereocenters. The summed E-state index contributed by atoms with van der Waals surface area (Å²) >= 11 is 0. The van der Waals surface area contributed by atoms with Gasteiger partial charge in [-0.2, -0.15) is 0 Å². The van der Waals surface area contributed by atoms with Gasteiger partial charge in [0.05, 0.1) is 0 Å². The molecule has 0 saturated heterocycles. The highest BCUT2D eigenvalue weighted by Crippen LogP contribution is 2.28. The predicted molar refractivity (Wildman–Crippen MR) is 72.7 cm³/mol. The minimum absolute atomic E-state index is 0.224. The van der Waals surface area contributed by atoms with E-state index < -0.39 is 6.10 Å². The van der Waals surface area contributed by atoms with Crippen molar-refractivity contribution in [3.05, 3.63) is 30.1 Å². The first kappa shape index (κ1) is 14.3. The molecule has 106 valence electrons. The van der Waals surface area contributed by atoms with Crippen molar-refractivity contribution < 1.29 is 14.2 Å². The summed E-state index contributed by atoms with van der Waals surface area (Å²) < 4.78 is 18.1. The third-order valence-electron chi connectivity index (χ3n) is 3.59. The molecule has 0 aromatic heterocycles. The molecule has 1 aliphatic carbocycles. The first-order chi connectivity index (χ1) is 9.24. The average Bonchev–Trinajstić information content (AvgIpc) is 2.36. The molecule has 0 heterocycles. The summed E-state index contributed by atoms with van der Waals surface area (Å²) in [6.45, 7) is 1.72. The second kappa shape index (κ2) is 7.46. The summed E-state index contributed by atoms with van der Waals surface area (Å²) in [5.74, 6) is 1.18. The van der Waals surface area contributed by atoms with Crippen LogP contribution in [0.3, 0.4) is 0 Å². The number of benzene rings is 1. The molecule has 1 saturated carbocycles. The first-order valence-electron chi connectivity index (χ1n) is 7.01. The molecule has 2 rings (SSSR count). The molecule has 1 aromatic rings. The van der Waals surface area contributed by atoms with E-state index in [1.165, 1.54) is 37.8 Å². The molecule has 1 aromatic carbocycles. The number of ether oxygens (including phenoxy) is 1. The monoisotopic (exact) mass is 267 g/mol. The van der Waals surface area contributed by atoms with E-state index in [9.17, 15) is 9.50 Å². The quantitative estimate of drug-likeness (QED) is 0.710. The molecule has 4 heteroatoms. The Balaban J connectivity index is 1.53. The Bertz CT molecular complexity index is 365. The molecule has 19 heavy (non-hydrogen) atoms. The zero-order valence-corrected chi connectivity index (χ0v) is 11.1. The lowest BCUT2D eigenvalue weighted by Crippen LogP contribution is -2.33. The van der Waals surface area contributed by atoms with E-state index >= 15 is 0 Å². The minimum atomic E-state index is -0.536. The molecule has 3 nitrogen and oxygen atoms in total. The number of rotatable bonds is 8. The van der Waals surface area contributed by atoms with Crippen molar-refractivity contribution in [2.45, 2.75) is 31.8 Å². The van der Waals surface area contributed by atoms with Crippen molar-refractivity contribution in [3.63, 3.8) is 0 Å². The number of aliphatic hydroxyl groups excluding tert-OH is 1. The number of nitrogens with one attached hydrogen (secondary N) is 1. The Hall–Kier alpha value is -1.13. The summed E-state index contributed by atoms with van der Waals surface area (Å²) in [4.78, 5) is 0. The fourth-order valence-corrected chi connectivity index (χ4v) is 2.14. The van der Waals surface area contributed by atoms with Crippen LogP contribution in [0.15, 0.2) is 24.3 Å². The van der Waals surface area contributed by atoms with Gasteiger partial charge >= 0.3 is 0 Å². The summed E-state index contributed by atoms with van der Waals surface area (Å²) in [5, 5.41) is 13.0. The average molecular weight is 267 g/mol. The van der Waals surface area contributed by atoms with Crippen molar-refractivity contribution in [2.75, 3.05) is 19.7 Å². The molecule has 0 bridgehead atoms. The summed E-state index contributed by atoms with van der Waals surface area (Å²) in [6, 6.07) is 5.81. The van der Waals surface area contributed by atoms with Gasteiger partial charge in [-0.05, 0) is 43.1 Å². The minimum Gasteiger partial charge on any atom is -0.491 e. The van der Waals surface area contributed by atoms with E-state index in [1.54, 1.807) is 12.1 Å². The van der Waals surface area contributed by atoms with Crippen LogP contribution in [0.4, 0.5) is 4.39 Å². The third-order valence-corrected chi connectivity index (χ3v) is 3.59. The maximum absolute atomic E-state index is 12.7. The van der Waals surface area contributed by atoms with Crippen LogP contribution in [0.2, 0.25) is 0 Å². The van der Waals surface area contributed by atoms with Crippen LogP contribution < -0.4 is 10.1 Å². The lowest BCUT2D eigenvalue weighted by Gasteiger charge is -2.25. The smallest absolute Gasteiger partial charge is 0.123 e. The Morgan fingerprint density at radius 1 is 1.32 bits per heavy atom. The van der Waals surface area contributed by atoms with E-state index in [2.05, 4.69) is 5.32 Å². The van der Waals surface area contributed by atoms with E-state index in [0.717, 1.165) is 12.5 Å². The van der Waals surface area contributed by atoms with Crippen LogP contribution in [0.5, 0.6) is 5.75 Å². The van der Waals surface area contributed by atoms with Crippen molar-refractivity contribution in [2.24, 2.45) is 5.92 Å². The zero-order valence-electron chi connectivity index (χ0n) is 11.1. The fourth-order valence-electron chi connectivity index (χ4n) is 2.14. The molecular formula is C15H22FNO2. The zero-order chi connectivity index (χ0) is 13.5. The van der Waals surface area contributed by atoms with Crippen LogP contribution in [0.25, 0.3) is 0 Å². The van der Waals surface area contributed by atoms with Crippen LogP contribution in [0, 0.1) is 11.7 Å². The van der Waals surface area contributed by atoms with Gasteiger partial charge in [0.1, 0.15) is 24.3 Å². The van der Waals surface area contributed by atoms with Gasteiger partial charge in [-0.1, -0.05) is 19.3 Å². The molecular weight excluding hydrogens is 245 g/mol. The normalized spacial score (nSPS) is 16.9. The van der Waals surface area contributed by atoms with Crippen molar-refractivity contribution in [3.8, 4) is 5.75 Å². The van der Waals surface area contributed by atoms with Gasteiger partial charge in [0.2, 0.25) is 0 Å². The molecule has 2 N–H and O–H groups in total. The lowest BCUT2D eigenvalue weighted by atomic mass is 9.83. The van der Waals surface area contributed by atoms with E-state index in [0.29, 0.717) is 12.3 Å². The molecule has 0 aliphatic heterocycles. The Kier molecular flexibility index (Phi) is 5.61. The maximum Gasteiger partial charge on any atom is 0.123 e. The van der Waals surface area contributed by atoms with Crippen LogP contribution in [-0.4, -0.2) is 30.9 Å². The molecule has 0 amide bonds. The fraction of sp³-hybridized carbons (Fsp3) is 0.600. The lowest BCUT2D eigenvalue weighted by molar-refractivity contribution is 0.105. The number of aliphatic hydroxyl groups is 1. The number of hydrogen-bond acceptors (Lipinski definition) is 3. The summed E-state index contributed by atoms with van der Waals surface area (Å²) in [5.41, 5.74) is 0. The van der Waals surface area contributed by atoms with Gasteiger partial charge < -0.3 is 15.2 Å². The van der Waals surface area contributed by atoms with E-state index in [4.69, 9.17) is 4.74 Å². The molecule has 1 fully saturated rings. The first-order valence-corrected chi connectivity index (χ1v) is 7.01. The standard InChI is InChI=1S/C15H22FNO2/c16-13-4-6-15(7-5-13)19-11-14(18)10-17-9-8-12-2-1-3-12/h4-7,12,14,17-18H,1-3,8-11H2. The molecule has 0 spiro atoms. The summed E-state index contributed by atoms with van der Waals surface area (Å²) in [7, 11) is 0. The van der Waals surface area contributed by atoms with E-state index in [-0.39, 0.29) is 12.4 Å². The highest BCUT2D eigenvalue weighted by Gasteiger charge is 2.16. The van der Waals surface area contributed by atoms with Crippen molar-refractivity contribution in [1.82, 2.24) is 5.32 Å². The van der Waals surface area contributed by atoms with Gasteiger partial charge in [0.25, 0.3) is 0 Å². The maximum atomic E-state index is 12.7. The molecule has 1 atom stereocenters. The largest absolute Gasteiger partial charge is 0.491 e. The van der Waals surface area contributed by atoms with Gasteiger partial charge in [-0.3, -0.25) is 0 Å². The summed E-state index contributed by atoms with van der Waals surface area (Å²) in [6.07, 6.45) is 4.76. The van der Waals surface area contributed by atoms with Gasteiger partial charge in [0, 0.05) is 6.54 Å². The molecule has 0 radical (unpaired) electrons. The molecule has 1 aliphatic rings. The Labute approximate surface area is 113 Å². The van der Waals surface area contributed by atoms with Crippen LogP contribution in [-0.2, 0) is 0 Å². The number of hydrogen-bond donors (Lipinski definition) is 2. The van der Waals surface area contributed by atoms with E-state index in [1.807, 2.05) is 0 Å². The second-order valence-corrected chi connectivity index (χ2v) is 5.21. The Morgan fingerprint density at radius 2 is 2.05 bits per heavy atom.